The molecule has 0 spiro atoms. The zero-order valence-corrected chi connectivity index (χ0v) is 11.9. The highest BCUT2D eigenvalue weighted by Gasteiger charge is 2.33. The maximum Gasteiger partial charge on any atom is 0.138 e. The van der Waals surface area contributed by atoms with Crippen LogP contribution in [0.25, 0.3) is 0 Å². The second-order valence-corrected chi connectivity index (χ2v) is 5.75. The minimum Gasteiger partial charge on any atom is -0.389 e. The standard InChI is InChI=1S/C16H21N3O/c1-2-9-19-15(17-12-18-19)11-16(20)8-7-13-5-3-4-6-14(13)10-16/h3-6,12,20H,2,7-11H2,1H3. The fourth-order valence-corrected chi connectivity index (χ4v) is 3.05. The van der Waals surface area contributed by atoms with Gasteiger partial charge >= 0.3 is 0 Å². The summed E-state index contributed by atoms with van der Waals surface area (Å²) in [5, 5.41) is 15.1. The van der Waals surface area contributed by atoms with E-state index < -0.39 is 5.60 Å². The summed E-state index contributed by atoms with van der Waals surface area (Å²) < 4.78 is 1.92. The highest BCUT2D eigenvalue weighted by molar-refractivity contribution is 5.31. The van der Waals surface area contributed by atoms with Crippen molar-refractivity contribution in [1.29, 1.82) is 0 Å². The van der Waals surface area contributed by atoms with Crippen molar-refractivity contribution in [3.05, 3.63) is 47.5 Å². The van der Waals surface area contributed by atoms with E-state index in [4.69, 9.17) is 0 Å². The number of hydrogen-bond acceptors (Lipinski definition) is 3. The summed E-state index contributed by atoms with van der Waals surface area (Å²) in [4.78, 5) is 4.32. The molecule has 0 aliphatic heterocycles. The van der Waals surface area contributed by atoms with Crippen molar-refractivity contribution < 1.29 is 5.11 Å². The number of hydrogen-bond donors (Lipinski definition) is 1. The monoisotopic (exact) mass is 271 g/mol. The van der Waals surface area contributed by atoms with E-state index in [1.807, 2.05) is 10.7 Å². The molecule has 1 aliphatic carbocycles. The fourth-order valence-electron chi connectivity index (χ4n) is 3.05. The molecule has 1 unspecified atom stereocenters. The number of aryl methyl sites for hydroxylation is 2. The SMILES string of the molecule is CCCn1ncnc1CC1(O)CCc2ccccc2C1. The predicted molar refractivity (Wildman–Crippen MR) is 77.4 cm³/mol. The lowest BCUT2D eigenvalue weighted by molar-refractivity contribution is 0.0238. The van der Waals surface area contributed by atoms with Gasteiger partial charge in [0.05, 0.1) is 5.60 Å². The molecular weight excluding hydrogens is 250 g/mol. The van der Waals surface area contributed by atoms with Gasteiger partial charge in [0.15, 0.2) is 0 Å². The fraction of sp³-hybridized carbons (Fsp3) is 0.500. The largest absolute Gasteiger partial charge is 0.389 e. The Balaban J connectivity index is 1.79. The number of rotatable bonds is 4. The molecule has 4 nitrogen and oxygen atoms in total. The molecule has 1 N–H and O–H groups in total. The summed E-state index contributed by atoms with van der Waals surface area (Å²) in [6.45, 7) is 2.99. The number of nitrogens with zero attached hydrogens (tertiary/aromatic N) is 3. The Morgan fingerprint density at radius 1 is 1.30 bits per heavy atom. The van der Waals surface area contributed by atoms with Gasteiger partial charge in [-0.2, -0.15) is 5.10 Å². The van der Waals surface area contributed by atoms with Crippen molar-refractivity contribution in [3.8, 4) is 0 Å². The molecule has 106 valence electrons. The van der Waals surface area contributed by atoms with Crippen molar-refractivity contribution in [2.75, 3.05) is 0 Å². The van der Waals surface area contributed by atoms with E-state index in [2.05, 4.69) is 35.2 Å². The molecule has 1 atom stereocenters. The van der Waals surface area contributed by atoms with E-state index in [-0.39, 0.29) is 0 Å². The first-order chi connectivity index (χ1) is 9.70. The Morgan fingerprint density at radius 2 is 2.10 bits per heavy atom. The summed E-state index contributed by atoms with van der Waals surface area (Å²) >= 11 is 0. The smallest absolute Gasteiger partial charge is 0.138 e. The summed E-state index contributed by atoms with van der Waals surface area (Å²) in [7, 11) is 0. The molecule has 20 heavy (non-hydrogen) atoms. The van der Waals surface area contributed by atoms with E-state index in [0.717, 1.165) is 31.6 Å². The van der Waals surface area contributed by atoms with E-state index >= 15 is 0 Å². The van der Waals surface area contributed by atoms with Crippen LogP contribution in [0.4, 0.5) is 0 Å². The lowest BCUT2D eigenvalue weighted by Gasteiger charge is -2.33. The lowest BCUT2D eigenvalue weighted by Crippen LogP contribution is -2.39. The van der Waals surface area contributed by atoms with Gasteiger partial charge in [-0.1, -0.05) is 31.2 Å². The first kappa shape index (κ1) is 13.3. The Hall–Kier alpha value is -1.68. The third-order valence-electron chi connectivity index (χ3n) is 4.12. The Labute approximate surface area is 119 Å². The summed E-state index contributed by atoms with van der Waals surface area (Å²) in [6, 6.07) is 8.40. The molecule has 0 saturated heterocycles. The summed E-state index contributed by atoms with van der Waals surface area (Å²) in [6.07, 6.45) is 5.64. The molecule has 0 radical (unpaired) electrons. The van der Waals surface area contributed by atoms with Gasteiger partial charge < -0.3 is 5.11 Å². The van der Waals surface area contributed by atoms with E-state index in [1.165, 1.54) is 11.1 Å². The van der Waals surface area contributed by atoms with Gasteiger partial charge in [-0.3, -0.25) is 4.68 Å². The first-order valence-electron chi connectivity index (χ1n) is 7.36. The van der Waals surface area contributed by atoms with E-state index in [9.17, 15) is 5.11 Å². The molecule has 1 aromatic carbocycles. The van der Waals surface area contributed by atoms with Crippen molar-refractivity contribution in [2.24, 2.45) is 0 Å². The number of aromatic nitrogens is 3. The Morgan fingerprint density at radius 3 is 2.90 bits per heavy atom. The van der Waals surface area contributed by atoms with Crippen LogP contribution in [0.2, 0.25) is 0 Å². The number of fused-ring (bicyclic) bond motifs is 1. The van der Waals surface area contributed by atoms with Crippen LogP contribution >= 0.6 is 0 Å². The highest BCUT2D eigenvalue weighted by Crippen LogP contribution is 2.30. The number of aliphatic hydroxyl groups is 1. The predicted octanol–water partition coefficient (Wildman–Crippen LogP) is 2.15. The average molecular weight is 271 g/mol. The van der Waals surface area contributed by atoms with Crippen LogP contribution in [0.15, 0.2) is 30.6 Å². The van der Waals surface area contributed by atoms with Gasteiger partial charge in [0.2, 0.25) is 0 Å². The van der Waals surface area contributed by atoms with Crippen LogP contribution in [-0.2, 0) is 25.8 Å². The van der Waals surface area contributed by atoms with Crippen LogP contribution in [0, 0.1) is 0 Å². The zero-order chi connectivity index (χ0) is 14.0. The maximum atomic E-state index is 10.9. The number of benzene rings is 1. The van der Waals surface area contributed by atoms with Crippen LogP contribution in [-0.4, -0.2) is 25.5 Å². The highest BCUT2D eigenvalue weighted by atomic mass is 16.3. The second-order valence-electron chi connectivity index (χ2n) is 5.75. The minimum absolute atomic E-state index is 0.585. The molecule has 1 aromatic heterocycles. The Bertz CT molecular complexity index is 593. The zero-order valence-electron chi connectivity index (χ0n) is 11.9. The lowest BCUT2D eigenvalue weighted by atomic mass is 9.78. The van der Waals surface area contributed by atoms with Gasteiger partial charge in [-0.25, -0.2) is 4.98 Å². The topological polar surface area (TPSA) is 50.9 Å². The molecule has 4 heteroatoms. The second kappa shape index (κ2) is 5.37. The van der Waals surface area contributed by atoms with Gasteiger partial charge in [0, 0.05) is 19.4 Å². The minimum atomic E-state index is -0.688. The van der Waals surface area contributed by atoms with Gasteiger partial charge in [-0.15, -0.1) is 0 Å². The Kier molecular flexibility index (Phi) is 3.57. The molecule has 0 fully saturated rings. The molecule has 3 rings (SSSR count). The van der Waals surface area contributed by atoms with Gasteiger partial charge in [0.25, 0.3) is 0 Å². The van der Waals surface area contributed by atoms with Crippen LogP contribution in [0.5, 0.6) is 0 Å². The van der Waals surface area contributed by atoms with Crippen LogP contribution in [0.1, 0.15) is 36.7 Å². The maximum absolute atomic E-state index is 10.9. The van der Waals surface area contributed by atoms with Crippen LogP contribution < -0.4 is 0 Å². The van der Waals surface area contributed by atoms with Crippen molar-refractivity contribution in [1.82, 2.24) is 14.8 Å². The molecular formula is C16H21N3O. The first-order valence-corrected chi connectivity index (χ1v) is 7.36. The quantitative estimate of drug-likeness (QED) is 0.927. The molecule has 0 amide bonds. The van der Waals surface area contributed by atoms with Crippen molar-refractivity contribution >= 4 is 0 Å². The third-order valence-corrected chi connectivity index (χ3v) is 4.12. The van der Waals surface area contributed by atoms with E-state index in [0.29, 0.717) is 12.8 Å². The molecule has 0 bridgehead atoms. The average Bonchev–Trinajstić information content (AvgIpc) is 2.86. The van der Waals surface area contributed by atoms with Gasteiger partial charge in [-0.05, 0) is 30.4 Å². The molecule has 2 aromatic rings. The summed E-state index contributed by atoms with van der Waals surface area (Å²) in [5.74, 6) is 0.897. The van der Waals surface area contributed by atoms with Gasteiger partial charge in [0.1, 0.15) is 12.2 Å². The summed E-state index contributed by atoms with van der Waals surface area (Å²) in [5.41, 5.74) is 1.95. The third kappa shape index (κ3) is 2.61. The van der Waals surface area contributed by atoms with Crippen molar-refractivity contribution in [2.45, 2.75) is 51.2 Å². The van der Waals surface area contributed by atoms with E-state index in [1.54, 1.807) is 6.33 Å². The normalized spacial score (nSPS) is 21.7. The molecule has 1 heterocycles. The molecule has 0 saturated carbocycles. The van der Waals surface area contributed by atoms with Crippen molar-refractivity contribution in [3.63, 3.8) is 0 Å². The molecule has 1 aliphatic rings. The van der Waals surface area contributed by atoms with Crippen LogP contribution in [0.3, 0.4) is 0 Å².